The van der Waals surface area contributed by atoms with E-state index in [1.165, 1.54) is 5.56 Å². The van der Waals surface area contributed by atoms with Gasteiger partial charge in [0, 0.05) is 5.69 Å². The maximum atomic E-state index is 12.9. The van der Waals surface area contributed by atoms with E-state index >= 15 is 0 Å². The fourth-order valence-corrected chi connectivity index (χ4v) is 3.78. The minimum Gasteiger partial charge on any atom is -0.325 e. The molecular weight excluding hydrogens is 414 g/mol. The summed E-state index contributed by atoms with van der Waals surface area (Å²) in [6, 6.07) is 15.7. The van der Waals surface area contributed by atoms with Crippen molar-refractivity contribution in [1.29, 1.82) is 0 Å². The van der Waals surface area contributed by atoms with E-state index in [0.29, 0.717) is 12.2 Å². The molecule has 2 N–H and O–H groups in total. The van der Waals surface area contributed by atoms with Gasteiger partial charge in [-0.2, -0.15) is 5.10 Å². The third-order valence-corrected chi connectivity index (χ3v) is 5.53. The van der Waals surface area contributed by atoms with E-state index in [-0.39, 0.29) is 24.9 Å². The predicted octanol–water partition coefficient (Wildman–Crippen LogP) is 4.40. The zero-order valence-electron chi connectivity index (χ0n) is 20.1. The van der Waals surface area contributed by atoms with Crippen molar-refractivity contribution in [2.24, 2.45) is 0 Å². The molecule has 174 valence electrons. The Kier molecular flexibility index (Phi) is 8.01. The molecule has 2 amide bonds. The molecule has 0 unspecified atom stereocenters. The number of nitrogens with zero attached hydrogens (tertiary/aromatic N) is 3. The lowest BCUT2D eigenvalue weighted by Gasteiger charge is -2.21. The van der Waals surface area contributed by atoms with Gasteiger partial charge in [-0.15, -0.1) is 0 Å². The molecule has 0 aliphatic carbocycles. The molecule has 0 radical (unpaired) electrons. The summed E-state index contributed by atoms with van der Waals surface area (Å²) < 4.78 is 1.84. The third kappa shape index (κ3) is 6.29. The van der Waals surface area contributed by atoms with E-state index in [2.05, 4.69) is 15.7 Å². The van der Waals surface area contributed by atoms with Crippen LogP contribution in [0, 0.1) is 27.7 Å². The van der Waals surface area contributed by atoms with Gasteiger partial charge < -0.3 is 10.6 Å². The first-order valence-corrected chi connectivity index (χ1v) is 11.3. The van der Waals surface area contributed by atoms with Gasteiger partial charge in [-0.05, 0) is 64.4 Å². The third-order valence-electron chi connectivity index (χ3n) is 5.53. The highest BCUT2D eigenvalue weighted by Crippen LogP contribution is 2.23. The van der Waals surface area contributed by atoms with Crippen molar-refractivity contribution >= 4 is 23.2 Å². The number of para-hydroxylation sites is 1. The summed E-state index contributed by atoms with van der Waals surface area (Å²) in [5.41, 5.74) is 6.24. The number of aryl methyl sites for hydroxylation is 3. The second-order valence-electron chi connectivity index (χ2n) is 8.42. The lowest BCUT2D eigenvalue weighted by atomic mass is 10.2. The van der Waals surface area contributed by atoms with Gasteiger partial charge in [0.15, 0.2) is 0 Å². The van der Waals surface area contributed by atoms with E-state index in [1.54, 1.807) is 0 Å². The molecule has 3 aromatic rings. The van der Waals surface area contributed by atoms with Gasteiger partial charge >= 0.3 is 0 Å². The van der Waals surface area contributed by atoms with Crippen LogP contribution < -0.4 is 10.6 Å². The van der Waals surface area contributed by atoms with Crippen LogP contribution in [0.3, 0.4) is 0 Å². The normalized spacial score (nSPS) is 11.0. The molecular formula is C26H33N5O2. The molecule has 7 heteroatoms. The van der Waals surface area contributed by atoms with Crippen LogP contribution in [0.15, 0.2) is 48.5 Å². The van der Waals surface area contributed by atoms with Crippen LogP contribution in [-0.2, 0) is 9.59 Å². The van der Waals surface area contributed by atoms with Gasteiger partial charge in [0.25, 0.3) is 0 Å². The number of anilines is 2. The predicted molar refractivity (Wildman–Crippen MR) is 133 cm³/mol. The van der Waals surface area contributed by atoms with Crippen LogP contribution in [0.5, 0.6) is 0 Å². The van der Waals surface area contributed by atoms with Crippen LogP contribution >= 0.6 is 0 Å². The van der Waals surface area contributed by atoms with E-state index in [1.807, 2.05) is 92.7 Å². The van der Waals surface area contributed by atoms with Crippen molar-refractivity contribution in [2.45, 2.75) is 41.0 Å². The van der Waals surface area contributed by atoms with Crippen molar-refractivity contribution in [3.8, 4) is 5.69 Å². The van der Waals surface area contributed by atoms with E-state index in [9.17, 15) is 9.59 Å². The molecule has 0 spiro atoms. The molecule has 0 atom stereocenters. The van der Waals surface area contributed by atoms with Crippen LogP contribution in [0.4, 0.5) is 11.4 Å². The maximum absolute atomic E-state index is 12.9. The zero-order chi connectivity index (χ0) is 24.0. The number of carbonyl (C=O) groups excluding carboxylic acids is 2. The minimum atomic E-state index is -0.165. The Bertz CT molecular complexity index is 1120. The quantitative estimate of drug-likeness (QED) is 0.510. The molecule has 1 heterocycles. The molecule has 3 rings (SSSR count). The number of carbonyl (C=O) groups is 2. The van der Waals surface area contributed by atoms with E-state index in [0.717, 1.165) is 34.7 Å². The average Bonchev–Trinajstić information content (AvgIpc) is 3.04. The average molecular weight is 448 g/mol. The molecule has 1 aromatic heterocycles. The van der Waals surface area contributed by atoms with Gasteiger partial charge in [-0.25, -0.2) is 4.68 Å². The van der Waals surface area contributed by atoms with Gasteiger partial charge in [0.1, 0.15) is 0 Å². The first-order valence-electron chi connectivity index (χ1n) is 11.3. The number of benzene rings is 2. The van der Waals surface area contributed by atoms with Crippen molar-refractivity contribution in [3.05, 3.63) is 71.0 Å². The van der Waals surface area contributed by atoms with Crippen LogP contribution in [0.2, 0.25) is 0 Å². The fraction of sp³-hybridized carbons (Fsp3) is 0.346. The van der Waals surface area contributed by atoms with Gasteiger partial charge in [0.2, 0.25) is 11.8 Å². The lowest BCUT2D eigenvalue weighted by molar-refractivity contribution is -0.120. The fourth-order valence-electron chi connectivity index (χ4n) is 3.78. The monoisotopic (exact) mass is 447 g/mol. The maximum Gasteiger partial charge on any atom is 0.238 e. The summed E-state index contributed by atoms with van der Waals surface area (Å²) in [4.78, 5) is 27.3. The summed E-state index contributed by atoms with van der Waals surface area (Å²) in [5, 5.41) is 10.6. The summed E-state index contributed by atoms with van der Waals surface area (Å²) in [5.74, 6) is -0.299. The van der Waals surface area contributed by atoms with E-state index in [4.69, 9.17) is 0 Å². The zero-order valence-corrected chi connectivity index (χ0v) is 20.1. The molecule has 33 heavy (non-hydrogen) atoms. The van der Waals surface area contributed by atoms with Crippen molar-refractivity contribution in [3.63, 3.8) is 0 Å². The molecule has 0 bridgehead atoms. The molecule has 7 nitrogen and oxygen atoms in total. The number of hydrogen-bond acceptors (Lipinski definition) is 4. The first-order chi connectivity index (χ1) is 15.8. The minimum absolute atomic E-state index is 0.129. The number of rotatable bonds is 9. The number of nitrogens with one attached hydrogen (secondary N) is 2. The smallest absolute Gasteiger partial charge is 0.238 e. The van der Waals surface area contributed by atoms with Gasteiger partial charge in [0.05, 0.1) is 35.9 Å². The molecule has 0 aliphatic rings. The molecule has 0 saturated heterocycles. The number of aromatic nitrogens is 2. The van der Waals surface area contributed by atoms with Crippen molar-refractivity contribution < 1.29 is 9.59 Å². The van der Waals surface area contributed by atoms with Crippen LogP contribution in [0.25, 0.3) is 5.69 Å². The Morgan fingerprint density at radius 3 is 2.18 bits per heavy atom. The Hall–Kier alpha value is -3.45. The van der Waals surface area contributed by atoms with Crippen LogP contribution in [0.1, 0.15) is 35.9 Å². The Morgan fingerprint density at radius 1 is 0.909 bits per heavy atom. The SMILES string of the molecule is CCCN(CC(=O)Nc1ccccc1C)CC(=O)Nc1c(C)nn(-c2ccc(C)cc2)c1C. The lowest BCUT2D eigenvalue weighted by Crippen LogP contribution is -2.39. The molecule has 2 aromatic carbocycles. The highest BCUT2D eigenvalue weighted by atomic mass is 16.2. The highest BCUT2D eigenvalue weighted by molar-refractivity contribution is 5.95. The Morgan fingerprint density at radius 2 is 1.55 bits per heavy atom. The topological polar surface area (TPSA) is 79.3 Å². The molecule has 0 fully saturated rings. The number of hydrogen-bond donors (Lipinski definition) is 2. The Balaban J connectivity index is 1.65. The summed E-state index contributed by atoms with van der Waals surface area (Å²) >= 11 is 0. The van der Waals surface area contributed by atoms with Gasteiger partial charge in [-0.1, -0.05) is 42.8 Å². The number of amides is 2. The van der Waals surface area contributed by atoms with Crippen molar-refractivity contribution in [2.75, 3.05) is 30.3 Å². The molecule has 0 saturated carbocycles. The van der Waals surface area contributed by atoms with Crippen LogP contribution in [-0.4, -0.2) is 46.1 Å². The summed E-state index contributed by atoms with van der Waals surface area (Å²) in [6.45, 7) is 10.8. The molecule has 0 aliphatic heterocycles. The summed E-state index contributed by atoms with van der Waals surface area (Å²) in [7, 11) is 0. The second-order valence-corrected chi connectivity index (χ2v) is 8.42. The standard InChI is InChI=1S/C26H33N5O2/c1-6-15-30(16-24(32)27-23-10-8-7-9-19(23)3)17-25(33)28-26-20(4)29-31(21(26)5)22-13-11-18(2)12-14-22/h7-14H,6,15-17H2,1-5H3,(H,27,32)(H,28,33). The Labute approximate surface area is 195 Å². The second kappa shape index (κ2) is 10.9. The largest absolute Gasteiger partial charge is 0.325 e. The van der Waals surface area contributed by atoms with E-state index < -0.39 is 0 Å². The van der Waals surface area contributed by atoms with Crippen molar-refractivity contribution in [1.82, 2.24) is 14.7 Å². The highest BCUT2D eigenvalue weighted by Gasteiger charge is 2.19. The van der Waals surface area contributed by atoms with Gasteiger partial charge in [-0.3, -0.25) is 14.5 Å². The first kappa shape index (κ1) is 24.2. The summed E-state index contributed by atoms with van der Waals surface area (Å²) in [6.07, 6.45) is 0.842.